The summed E-state index contributed by atoms with van der Waals surface area (Å²) in [5, 5.41) is 2.61. The predicted octanol–water partition coefficient (Wildman–Crippen LogP) is -0.381. The molecule has 1 rings (SSSR count). The summed E-state index contributed by atoms with van der Waals surface area (Å²) in [6.45, 7) is 3.71. The molecule has 0 aliphatic heterocycles. The number of carbonyl (C=O) groups is 2. The summed E-state index contributed by atoms with van der Waals surface area (Å²) in [4.78, 5) is 29.2. The van der Waals surface area contributed by atoms with Crippen molar-refractivity contribution in [3.05, 3.63) is 18.2 Å². The highest BCUT2D eigenvalue weighted by atomic mass is 16.2. The first-order valence-corrected chi connectivity index (χ1v) is 5.53. The van der Waals surface area contributed by atoms with Gasteiger partial charge in [-0.25, -0.2) is 4.98 Å². The Labute approximate surface area is 100.0 Å². The first-order valence-electron chi connectivity index (χ1n) is 5.53. The van der Waals surface area contributed by atoms with E-state index in [1.807, 2.05) is 13.8 Å². The number of H-pyrrole nitrogens is 1. The van der Waals surface area contributed by atoms with Gasteiger partial charge >= 0.3 is 0 Å². The topological polar surface area (TPSA) is 101 Å². The van der Waals surface area contributed by atoms with E-state index in [0.717, 1.165) is 5.69 Å². The highest BCUT2D eigenvalue weighted by molar-refractivity contribution is 5.84. The third kappa shape index (κ3) is 3.99. The number of aldehydes is 1. The van der Waals surface area contributed by atoms with Crippen LogP contribution in [0.15, 0.2) is 12.5 Å². The fourth-order valence-corrected chi connectivity index (χ4v) is 1.35. The molecule has 1 heterocycles. The number of imidazole rings is 1. The van der Waals surface area contributed by atoms with Crippen molar-refractivity contribution in [2.45, 2.75) is 32.4 Å². The largest absolute Gasteiger partial charge is 0.348 e. The minimum atomic E-state index is -0.598. The van der Waals surface area contributed by atoms with Gasteiger partial charge in [0.15, 0.2) is 0 Å². The van der Waals surface area contributed by atoms with Gasteiger partial charge in [0.25, 0.3) is 0 Å². The molecule has 0 fully saturated rings. The Hall–Kier alpha value is -1.69. The van der Waals surface area contributed by atoms with E-state index in [1.54, 1.807) is 6.20 Å². The van der Waals surface area contributed by atoms with Crippen molar-refractivity contribution >= 4 is 12.2 Å². The SMILES string of the molecule is CC(C)C(N)C(=O)N[C@H](C=O)Cc1cnc[nH]1. The summed E-state index contributed by atoms with van der Waals surface area (Å²) in [5.41, 5.74) is 6.48. The van der Waals surface area contributed by atoms with Crippen molar-refractivity contribution in [1.29, 1.82) is 0 Å². The van der Waals surface area contributed by atoms with E-state index in [2.05, 4.69) is 15.3 Å². The average Bonchev–Trinajstić information content (AvgIpc) is 2.79. The lowest BCUT2D eigenvalue weighted by atomic mass is 10.0. The standard InChI is InChI=1S/C11H18N4O2/c1-7(2)10(12)11(17)15-9(5-16)3-8-4-13-6-14-8/h4-7,9-10H,3,12H2,1-2H3,(H,13,14)(H,15,17)/t9-,10?/m0/s1. The lowest BCUT2D eigenvalue weighted by molar-refractivity contribution is -0.125. The van der Waals surface area contributed by atoms with Crippen LogP contribution in [0.5, 0.6) is 0 Å². The molecule has 0 saturated heterocycles. The second-order valence-corrected chi connectivity index (χ2v) is 4.30. The molecule has 0 bridgehead atoms. The van der Waals surface area contributed by atoms with Crippen LogP contribution in [0.2, 0.25) is 0 Å². The maximum absolute atomic E-state index is 11.7. The molecule has 6 nitrogen and oxygen atoms in total. The van der Waals surface area contributed by atoms with Crippen LogP contribution in [-0.4, -0.2) is 34.2 Å². The highest BCUT2D eigenvalue weighted by Gasteiger charge is 2.20. The Balaban J connectivity index is 2.52. The van der Waals surface area contributed by atoms with Gasteiger partial charge in [-0.15, -0.1) is 0 Å². The van der Waals surface area contributed by atoms with Gasteiger partial charge in [-0.3, -0.25) is 4.79 Å². The highest BCUT2D eigenvalue weighted by Crippen LogP contribution is 2.00. The fourth-order valence-electron chi connectivity index (χ4n) is 1.35. The summed E-state index contributed by atoms with van der Waals surface area (Å²) in [6, 6.07) is -1.17. The zero-order valence-electron chi connectivity index (χ0n) is 10.0. The Bertz CT molecular complexity index is 362. The molecule has 0 radical (unpaired) electrons. The molecule has 94 valence electrons. The Morgan fingerprint density at radius 2 is 2.35 bits per heavy atom. The van der Waals surface area contributed by atoms with E-state index >= 15 is 0 Å². The second-order valence-electron chi connectivity index (χ2n) is 4.30. The van der Waals surface area contributed by atoms with Gasteiger partial charge < -0.3 is 20.8 Å². The predicted molar refractivity (Wildman–Crippen MR) is 63.1 cm³/mol. The maximum Gasteiger partial charge on any atom is 0.237 e. The van der Waals surface area contributed by atoms with Crippen LogP contribution in [0.25, 0.3) is 0 Å². The van der Waals surface area contributed by atoms with Crippen LogP contribution in [0.4, 0.5) is 0 Å². The molecule has 0 aromatic carbocycles. The van der Waals surface area contributed by atoms with Gasteiger partial charge in [0.1, 0.15) is 6.29 Å². The second kappa shape index (κ2) is 6.15. The monoisotopic (exact) mass is 238 g/mol. The van der Waals surface area contributed by atoms with Crippen molar-refractivity contribution in [3.63, 3.8) is 0 Å². The molecule has 2 atom stereocenters. The summed E-state index contributed by atoms with van der Waals surface area (Å²) in [6.07, 6.45) is 4.23. The number of hydrogen-bond acceptors (Lipinski definition) is 4. The van der Waals surface area contributed by atoms with Gasteiger partial charge in [0.05, 0.1) is 18.4 Å². The van der Waals surface area contributed by atoms with Crippen LogP contribution in [0.1, 0.15) is 19.5 Å². The van der Waals surface area contributed by atoms with Crippen LogP contribution >= 0.6 is 0 Å². The molecule has 6 heteroatoms. The number of nitrogens with zero attached hydrogens (tertiary/aromatic N) is 1. The first kappa shape index (κ1) is 13.4. The molecule has 1 unspecified atom stereocenters. The maximum atomic E-state index is 11.7. The number of amides is 1. The van der Waals surface area contributed by atoms with E-state index in [4.69, 9.17) is 5.73 Å². The minimum Gasteiger partial charge on any atom is -0.348 e. The summed E-state index contributed by atoms with van der Waals surface area (Å²) < 4.78 is 0. The normalized spacial score (nSPS) is 14.4. The van der Waals surface area contributed by atoms with Gasteiger partial charge in [-0.1, -0.05) is 13.8 Å². The number of rotatable bonds is 6. The van der Waals surface area contributed by atoms with Crippen LogP contribution < -0.4 is 11.1 Å². The molecular formula is C11H18N4O2. The minimum absolute atomic E-state index is 0.0365. The Kier molecular flexibility index (Phi) is 4.84. The van der Waals surface area contributed by atoms with Crippen LogP contribution in [-0.2, 0) is 16.0 Å². The molecule has 1 aromatic heterocycles. The summed E-state index contributed by atoms with van der Waals surface area (Å²) in [5.74, 6) is -0.272. The van der Waals surface area contributed by atoms with Gasteiger partial charge in [-0.05, 0) is 5.92 Å². The molecule has 1 amide bonds. The fraction of sp³-hybridized carbons (Fsp3) is 0.545. The van der Waals surface area contributed by atoms with Crippen LogP contribution in [0, 0.1) is 5.92 Å². The third-order valence-corrected chi connectivity index (χ3v) is 2.51. The lowest BCUT2D eigenvalue weighted by Crippen LogP contribution is -2.49. The molecule has 0 spiro atoms. The number of aromatic amines is 1. The van der Waals surface area contributed by atoms with Crippen molar-refractivity contribution in [2.24, 2.45) is 11.7 Å². The smallest absolute Gasteiger partial charge is 0.237 e. The number of aromatic nitrogens is 2. The summed E-state index contributed by atoms with van der Waals surface area (Å²) in [7, 11) is 0. The van der Waals surface area contributed by atoms with Crippen molar-refractivity contribution in [3.8, 4) is 0 Å². The van der Waals surface area contributed by atoms with E-state index in [9.17, 15) is 9.59 Å². The van der Waals surface area contributed by atoms with Gasteiger partial charge in [0, 0.05) is 18.3 Å². The van der Waals surface area contributed by atoms with Gasteiger partial charge in [-0.2, -0.15) is 0 Å². The molecule has 17 heavy (non-hydrogen) atoms. The van der Waals surface area contributed by atoms with Crippen molar-refractivity contribution in [2.75, 3.05) is 0 Å². The van der Waals surface area contributed by atoms with E-state index in [-0.39, 0.29) is 11.8 Å². The number of nitrogens with one attached hydrogen (secondary N) is 2. The number of nitrogens with two attached hydrogens (primary N) is 1. The van der Waals surface area contributed by atoms with E-state index in [0.29, 0.717) is 12.7 Å². The third-order valence-electron chi connectivity index (χ3n) is 2.51. The van der Waals surface area contributed by atoms with Gasteiger partial charge in [0.2, 0.25) is 5.91 Å². The molecule has 1 aromatic rings. The Morgan fingerprint density at radius 3 is 2.82 bits per heavy atom. The summed E-state index contributed by atoms with van der Waals surface area (Å²) >= 11 is 0. The average molecular weight is 238 g/mol. The molecule has 0 aliphatic rings. The van der Waals surface area contributed by atoms with Crippen molar-refractivity contribution < 1.29 is 9.59 Å². The zero-order chi connectivity index (χ0) is 12.8. The van der Waals surface area contributed by atoms with E-state index in [1.165, 1.54) is 6.33 Å². The molecule has 0 saturated carbocycles. The van der Waals surface area contributed by atoms with Crippen molar-refractivity contribution in [1.82, 2.24) is 15.3 Å². The lowest BCUT2D eigenvalue weighted by Gasteiger charge is -2.18. The Morgan fingerprint density at radius 1 is 1.65 bits per heavy atom. The van der Waals surface area contributed by atoms with E-state index < -0.39 is 12.1 Å². The van der Waals surface area contributed by atoms with Crippen LogP contribution in [0.3, 0.4) is 0 Å². The number of hydrogen-bond donors (Lipinski definition) is 3. The molecule has 0 aliphatic carbocycles. The molecule has 4 N–H and O–H groups in total. The number of carbonyl (C=O) groups excluding carboxylic acids is 2. The quantitative estimate of drug-likeness (QED) is 0.588. The first-order chi connectivity index (χ1) is 8.04. The molecular weight excluding hydrogens is 220 g/mol. The zero-order valence-corrected chi connectivity index (χ0v) is 10.0.